The molecule has 2 aromatic rings. The largest absolute Gasteiger partial charge is 0.406 e. The molecule has 0 radical (unpaired) electrons. The lowest BCUT2D eigenvalue weighted by Crippen LogP contribution is -2.47. The fraction of sp³-hybridized carbons (Fsp3) is 0.400. The van der Waals surface area contributed by atoms with Gasteiger partial charge in [-0.05, 0) is 34.5 Å². The van der Waals surface area contributed by atoms with Gasteiger partial charge in [0.25, 0.3) is 0 Å². The minimum absolute atomic E-state index is 0.0634. The van der Waals surface area contributed by atoms with Crippen LogP contribution in [0.4, 0.5) is 17.3 Å². The average molecular weight is 301 g/mol. The molecular weight excluding hydrogens is 282 g/mol. The highest BCUT2D eigenvalue weighted by Crippen LogP contribution is 2.27. The molecule has 0 bridgehead atoms. The number of aromatic nitrogens is 2. The molecule has 0 amide bonds. The quantitative estimate of drug-likeness (QED) is 0.640. The molecule has 7 heteroatoms. The average Bonchev–Trinajstić information content (AvgIpc) is 2.89. The molecule has 116 valence electrons. The Morgan fingerprint density at radius 1 is 1.18 bits per heavy atom. The molecule has 1 aliphatic heterocycles. The first-order valence-electron chi connectivity index (χ1n) is 7.28. The maximum absolute atomic E-state index is 11.1. The highest BCUT2D eigenvalue weighted by atomic mass is 16.6. The van der Waals surface area contributed by atoms with Crippen LogP contribution in [0.2, 0.25) is 0 Å². The molecule has 1 aromatic heterocycles. The maximum atomic E-state index is 11.1. The van der Waals surface area contributed by atoms with Crippen LogP contribution in [0, 0.1) is 17.0 Å². The number of aryl methyl sites for hydroxylation is 2. The second-order valence-corrected chi connectivity index (χ2v) is 5.57. The van der Waals surface area contributed by atoms with Crippen molar-refractivity contribution in [1.29, 1.82) is 0 Å². The Labute approximate surface area is 128 Å². The summed E-state index contributed by atoms with van der Waals surface area (Å²) in [7, 11) is 1.79. The third-order valence-electron chi connectivity index (χ3n) is 4.01. The maximum Gasteiger partial charge on any atom is 0.406 e. The summed E-state index contributed by atoms with van der Waals surface area (Å²) >= 11 is 0. The fourth-order valence-electron chi connectivity index (χ4n) is 2.91. The number of benzene rings is 1. The molecule has 0 atom stereocenters. The van der Waals surface area contributed by atoms with E-state index in [-0.39, 0.29) is 5.82 Å². The molecular formula is C15H19N5O2. The standard InChI is InChI=1S/C15H19N5O2/c1-12-4-3-5-13(10-12)18-6-8-19(9-7-18)15-14(20(21)22)16-11-17(15)2/h3-5,10-11H,6-9H2,1-2H3. The van der Waals surface area contributed by atoms with Gasteiger partial charge in [-0.3, -0.25) is 4.57 Å². The first-order chi connectivity index (χ1) is 10.6. The molecule has 7 nitrogen and oxygen atoms in total. The van der Waals surface area contributed by atoms with E-state index in [9.17, 15) is 10.1 Å². The molecule has 2 heterocycles. The Balaban J connectivity index is 1.75. The van der Waals surface area contributed by atoms with Gasteiger partial charge in [0.2, 0.25) is 12.1 Å². The number of imidazole rings is 1. The summed E-state index contributed by atoms with van der Waals surface area (Å²) in [5.74, 6) is 0.528. The lowest BCUT2D eigenvalue weighted by Gasteiger charge is -2.36. The summed E-state index contributed by atoms with van der Waals surface area (Å²) in [5, 5.41) is 11.1. The van der Waals surface area contributed by atoms with Crippen LogP contribution in [-0.2, 0) is 7.05 Å². The summed E-state index contributed by atoms with van der Waals surface area (Å²) in [6.45, 7) is 5.25. The summed E-state index contributed by atoms with van der Waals surface area (Å²) in [5.41, 5.74) is 2.45. The molecule has 0 spiro atoms. The van der Waals surface area contributed by atoms with Gasteiger partial charge < -0.3 is 19.9 Å². The second kappa shape index (κ2) is 5.67. The van der Waals surface area contributed by atoms with Crippen molar-refractivity contribution in [3.8, 4) is 0 Å². The number of nitro groups is 1. The number of hydrogen-bond acceptors (Lipinski definition) is 5. The lowest BCUT2D eigenvalue weighted by atomic mass is 10.2. The highest BCUT2D eigenvalue weighted by Gasteiger charge is 2.28. The molecule has 0 N–H and O–H groups in total. The molecule has 1 fully saturated rings. The Morgan fingerprint density at radius 3 is 2.50 bits per heavy atom. The van der Waals surface area contributed by atoms with Crippen LogP contribution in [0.15, 0.2) is 30.6 Å². The topological polar surface area (TPSA) is 67.4 Å². The molecule has 1 aromatic carbocycles. The van der Waals surface area contributed by atoms with Gasteiger partial charge in [-0.15, -0.1) is 0 Å². The summed E-state index contributed by atoms with van der Waals surface area (Å²) in [6, 6.07) is 8.42. The van der Waals surface area contributed by atoms with Gasteiger partial charge >= 0.3 is 5.82 Å². The van der Waals surface area contributed by atoms with Gasteiger partial charge in [-0.2, -0.15) is 0 Å². The van der Waals surface area contributed by atoms with Crippen molar-refractivity contribution in [2.75, 3.05) is 36.0 Å². The fourth-order valence-corrected chi connectivity index (χ4v) is 2.91. The Kier molecular flexibility index (Phi) is 3.70. The summed E-state index contributed by atoms with van der Waals surface area (Å²) in [4.78, 5) is 18.9. The number of anilines is 2. The third-order valence-corrected chi connectivity index (χ3v) is 4.01. The van der Waals surface area contributed by atoms with Gasteiger partial charge in [0.15, 0.2) is 0 Å². The van der Waals surface area contributed by atoms with E-state index in [1.807, 2.05) is 4.90 Å². The number of rotatable bonds is 3. The predicted octanol–water partition coefficient (Wildman–Crippen LogP) is 1.96. The van der Waals surface area contributed by atoms with Crippen molar-refractivity contribution in [2.24, 2.45) is 7.05 Å². The summed E-state index contributed by atoms with van der Waals surface area (Å²) < 4.78 is 1.72. The zero-order chi connectivity index (χ0) is 15.7. The van der Waals surface area contributed by atoms with E-state index in [1.165, 1.54) is 17.6 Å². The molecule has 0 aliphatic carbocycles. The second-order valence-electron chi connectivity index (χ2n) is 5.57. The van der Waals surface area contributed by atoms with Gasteiger partial charge in [0.1, 0.15) is 0 Å². The molecule has 1 saturated heterocycles. The van der Waals surface area contributed by atoms with E-state index >= 15 is 0 Å². The lowest BCUT2D eigenvalue weighted by molar-refractivity contribution is -0.388. The zero-order valence-electron chi connectivity index (χ0n) is 12.8. The van der Waals surface area contributed by atoms with E-state index in [0.717, 1.165) is 26.2 Å². The summed E-state index contributed by atoms with van der Waals surface area (Å²) in [6.07, 6.45) is 1.50. The van der Waals surface area contributed by atoms with Crippen molar-refractivity contribution in [3.05, 3.63) is 46.3 Å². The minimum atomic E-state index is -0.414. The molecule has 22 heavy (non-hydrogen) atoms. The highest BCUT2D eigenvalue weighted by molar-refractivity contribution is 5.57. The first-order valence-corrected chi connectivity index (χ1v) is 7.28. The van der Waals surface area contributed by atoms with Crippen LogP contribution < -0.4 is 9.80 Å². The normalized spacial score (nSPS) is 15.2. The van der Waals surface area contributed by atoms with Crippen molar-refractivity contribution < 1.29 is 4.92 Å². The van der Waals surface area contributed by atoms with Crippen LogP contribution in [0.5, 0.6) is 0 Å². The van der Waals surface area contributed by atoms with Gasteiger partial charge in [0.05, 0.1) is 0 Å². The van der Waals surface area contributed by atoms with E-state index in [2.05, 4.69) is 41.1 Å². The molecule has 3 rings (SSSR count). The van der Waals surface area contributed by atoms with E-state index in [0.29, 0.717) is 5.82 Å². The van der Waals surface area contributed by atoms with Crippen molar-refractivity contribution in [3.63, 3.8) is 0 Å². The predicted molar refractivity (Wildman–Crippen MR) is 85.5 cm³/mol. The van der Waals surface area contributed by atoms with E-state index in [1.54, 1.807) is 11.6 Å². The Hall–Kier alpha value is -2.57. The molecule has 0 saturated carbocycles. The SMILES string of the molecule is Cc1cccc(N2CCN(c3c([N+](=O)[O-])ncn3C)CC2)c1. The van der Waals surface area contributed by atoms with Crippen LogP contribution >= 0.6 is 0 Å². The van der Waals surface area contributed by atoms with Gasteiger partial charge in [0, 0.05) is 38.9 Å². The van der Waals surface area contributed by atoms with Crippen LogP contribution in [0.25, 0.3) is 0 Å². The van der Waals surface area contributed by atoms with E-state index in [4.69, 9.17) is 0 Å². The van der Waals surface area contributed by atoms with Crippen molar-refractivity contribution in [2.45, 2.75) is 6.92 Å². The number of piperazine rings is 1. The zero-order valence-corrected chi connectivity index (χ0v) is 12.8. The molecule has 1 aliphatic rings. The smallest absolute Gasteiger partial charge is 0.368 e. The third kappa shape index (κ3) is 2.61. The van der Waals surface area contributed by atoms with Crippen LogP contribution in [0.1, 0.15) is 5.56 Å². The van der Waals surface area contributed by atoms with Gasteiger partial charge in [-0.1, -0.05) is 12.1 Å². The minimum Gasteiger partial charge on any atom is -0.368 e. The molecule has 0 unspecified atom stereocenters. The van der Waals surface area contributed by atoms with Crippen molar-refractivity contribution >= 4 is 17.3 Å². The monoisotopic (exact) mass is 301 g/mol. The van der Waals surface area contributed by atoms with Crippen LogP contribution in [-0.4, -0.2) is 40.7 Å². The number of hydrogen-bond donors (Lipinski definition) is 0. The van der Waals surface area contributed by atoms with Crippen LogP contribution in [0.3, 0.4) is 0 Å². The first kappa shape index (κ1) is 14.4. The van der Waals surface area contributed by atoms with Gasteiger partial charge in [-0.25, -0.2) is 0 Å². The number of nitrogens with zero attached hydrogens (tertiary/aromatic N) is 5. The Bertz CT molecular complexity index is 689. The Morgan fingerprint density at radius 2 is 1.86 bits per heavy atom. The van der Waals surface area contributed by atoms with E-state index < -0.39 is 4.92 Å². The van der Waals surface area contributed by atoms with Crippen molar-refractivity contribution in [1.82, 2.24) is 9.55 Å².